The molecular weight excluding hydrogens is 264 g/mol. The Morgan fingerprint density at radius 2 is 1.62 bits per heavy atom. The first-order chi connectivity index (χ1) is 10.3. The maximum Gasteiger partial charge on any atom is 0.334 e. The van der Waals surface area contributed by atoms with Crippen LogP contribution in [0.2, 0.25) is 0 Å². The number of hydrogen-bond acceptors (Lipinski definition) is 4. The second kappa shape index (κ2) is 7.22. The van der Waals surface area contributed by atoms with Crippen LogP contribution in [0.4, 0.5) is 11.4 Å². The third-order valence-corrected chi connectivity index (χ3v) is 2.61. The van der Waals surface area contributed by atoms with Gasteiger partial charge in [-0.2, -0.15) is 15.5 Å². The highest BCUT2D eigenvalue weighted by Crippen LogP contribution is 2.16. The van der Waals surface area contributed by atoms with Crippen LogP contribution in [0.15, 0.2) is 53.5 Å². The van der Waals surface area contributed by atoms with Crippen molar-refractivity contribution >= 4 is 24.2 Å². The van der Waals surface area contributed by atoms with E-state index in [4.69, 9.17) is 15.3 Å². The maximum atomic E-state index is 8.93. The second-order valence-corrected chi connectivity index (χ2v) is 3.92. The predicted octanol–water partition coefficient (Wildman–Crippen LogP) is 1.55. The summed E-state index contributed by atoms with van der Waals surface area (Å²) in [4.78, 5) is 6.90. The summed E-state index contributed by atoms with van der Waals surface area (Å²) in [7, 11) is 0. The summed E-state index contributed by atoms with van der Waals surface area (Å²) in [6, 6.07) is 18.1. The van der Waals surface area contributed by atoms with E-state index in [1.165, 1.54) is 12.8 Å². The molecule has 0 aromatic heterocycles. The summed E-state index contributed by atoms with van der Waals surface area (Å²) in [6.45, 7) is 0. The Balaban J connectivity index is 2.01. The number of rotatable bonds is 4. The molecule has 0 heterocycles. The smallest absolute Gasteiger partial charge is 0.334 e. The third kappa shape index (κ3) is 3.76. The van der Waals surface area contributed by atoms with Crippen molar-refractivity contribution in [3.8, 4) is 12.1 Å². The van der Waals surface area contributed by atoms with E-state index in [2.05, 4.69) is 16.1 Å². The SMILES string of the molecule is N#Cc1ccccc1N=COC=[NH+]c1ccccc1C#N. The number of nitrogens with one attached hydrogen (secondary N) is 1. The van der Waals surface area contributed by atoms with Crippen molar-refractivity contribution in [2.24, 2.45) is 4.99 Å². The van der Waals surface area contributed by atoms with Gasteiger partial charge in [0.15, 0.2) is 6.40 Å². The monoisotopic (exact) mass is 275 g/mol. The minimum absolute atomic E-state index is 0.472. The first-order valence-electron chi connectivity index (χ1n) is 6.09. The van der Waals surface area contributed by atoms with Gasteiger partial charge in [0.2, 0.25) is 5.69 Å². The number of nitrogens with zero attached hydrogens (tertiary/aromatic N) is 3. The standard InChI is InChI=1S/C16H10N4O/c17-9-13-5-1-3-7-15(13)19-11-21-12-20-16-8-4-2-6-14(16)10-18/h1-8,11-12H/p+1. The number of para-hydroxylation sites is 2. The van der Waals surface area contributed by atoms with Crippen LogP contribution in [0.5, 0.6) is 0 Å². The Morgan fingerprint density at radius 1 is 0.952 bits per heavy atom. The van der Waals surface area contributed by atoms with Gasteiger partial charge in [0.1, 0.15) is 17.7 Å². The summed E-state index contributed by atoms with van der Waals surface area (Å²) >= 11 is 0. The molecule has 5 heteroatoms. The van der Waals surface area contributed by atoms with Crippen molar-refractivity contribution in [2.75, 3.05) is 0 Å². The molecule has 2 aromatic rings. The first kappa shape index (κ1) is 14.0. The third-order valence-electron chi connectivity index (χ3n) is 2.61. The van der Waals surface area contributed by atoms with Crippen LogP contribution in [0, 0.1) is 22.7 Å². The van der Waals surface area contributed by atoms with Gasteiger partial charge in [0.05, 0.1) is 11.3 Å². The van der Waals surface area contributed by atoms with E-state index < -0.39 is 0 Å². The van der Waals surface area contributed by atoms with E-state index in [1.54, 1.807) is 42.5 Å². The molecule has 0 amide bonds. The van der Waals surface area contributed by atoms with Gasteiger partial charge < -0.3 is 4.74 Å². The zero-order chi connectivity index (χ0) is 14.9. The highest BCUT2D eigenvalue weighted by atomic mass is 16.5. The van der Waals surface area contributed by atoms with E-state index >= 15 is 0 Å². The fourth-order valence-electron chi connectivity index (χ4n) is 1.60. The summed E-state index contributed by atoms with van der Waals surface area (Å²) in [5, 5.41) is 17.8. The molecule has 100 valence electrons. The lowest BCUT2D eigenvalue weighted by atomic mass is 10.2. The van der Waals surface area contributed by atoms with Crippen LogP contribution in [0.1, 0.15) is 11.1 Å². The normalized spacial score (nSPS) is 10.4. The topological polar surface area (TPSA) is 83.1 Å². The van der Waals surface area contributed by atoms with Crippen LogP contribution >= 0.6 is 0 Å². The number of benzene rings is 2. The average molecular weight is 275 g/mol. The van der Waals surface area contributed by atoms with Crippen molar-refractivity contribution in [3.63, 3.8) is 0 Å². The minimum atomic E-state index is 0.472. The molecule has 0 bridgehead atoms. The molecule has 0 aliphatic heterocycles. The van der Waals surface area contributed by atoms with Gasteiger partial charge in [0.25, 0.3) is 0 Å². The minimum Gasteiger partial charge on any atom is -0.399 e. The molecule has 0 spiro atoms. The van der Waals surface area contributed by atoms with Crippen LogP contribution < -0.4 is 4.99 Å². The zero-order valence-corrected chi connectivity index (χ0v) is 11.0. The maximum absolute atomic E-state index is 8.93. The molecule has 2 aromatic carbocycles. The highest BCUT2D eigenvalue weighted by molar-refractivity contribution is 5.67. The van der Waals surface area contributed by atoms with E-state index in [0.717, 1.165) is 0 Å². The van der Waals surface area contributed by atoms with Crippen LogP contribution in [0.3, 0.4) is 0 Å². The van der Waals surface area contributed by atoms with Crippen LogP contribution in [0.25, 0.3) is 0 Å². The zero-order valence-electron chi connectivity index (χ0n) is 11.0. The molecule has 21 heavy (non-hydrogen) atoms. The molecule has 0 atom stereocenters. The number of hydrogen-bond donors (Lipinski definition) is 1. The lowest BCUT2D eigenvalue weighted by Gasteiger charge is -1.94. The summed E-state index contributed by atoms with van der Waals surface area (Å²) < 4.78 is 5.09. The van der Waals surface area contributed by atoms with Gasteiger partial charge in [-0.15, -0.1) is 0 Å². The first-order valence-corrected chi connectivity index (χ1v) is 6.09. The van der Waals surface area contributed by atoms with Crippen molar-refractivity contribution in [1.82, 2.24) is 0 Å². The molecule has 1 N–H and O–H groups in total. The molecule has 2 rings (SSSR count). The van der Waals surface area contributed by atoms with Gasteiger partial charge in [-0.05, 0) is 18.2 Å². The quantitative estimate of drug-likeness (QED) is 0.678. The molecule has 0 radical (unpaired) electrons. The number of aliphatic imine (C=N–C) groups is 1. The Hall–Kier alpha value is -3.44. The fraction of sp³-hybridized carbons (Fsp3) is 0. The van der Waals surface area contributed by atoms with Crippen molar-refractivity contribution in [2.45, 2.75) is 0 Å². The predicted molar refractivity (Wildman–Crippen MR) is 78.2 cm³/mol. The van der Waals surface area contributed by atoms with Crippen molar-refractivity contribution in [1.29, 1.82) is 10.5 Å². The Bertz CT molecular complexity index is 701. The van der Waals surface area contributed by atoms with Crippen molar-refractivity contribution < 1.29 is 9.73 Å². The lowest BCUT2D eigenvalue weighted by Crippen LogP contribution is -2.62. The molecule has 0 saturated heterocycles. The molecule has 0 saturated carbocycles. The molecule has 0 aliphatic carbocycles. The molecular formula is C16H11N4O+. The lowest BCUT2D eigenvalue weighted by molar-refractivity contribution is -0.357. The molecule has 0 aliphatic rings. The summed E-state index contributed by atoms with van der Waals surface area (Å²) in [5.74, 6) is 0. The summed E-state index contributed by atoms with van der Waals surface area (Å²) in [6.07, 6.45) is 2.53. The molecule has 5 nitrogen and oxygen atoms in total. The van der Waals surface area contributed by atoms with E-state index in [-0.39, 0.29) is 0 Å². The number of ether oxygens (including phenoxy) is 1. The van der Waals surface area contributed by atoms with Gasteiger partial charge in [-0.3, -0.25) is 0 Å². The van der Waals surface area contributed by atoms with Gasteiger partial charge >= 0.3 is 6.40 Å². The van der Waals surface area contributed by atoms with E-state index in [0.29, 0.717) is 22.5 Å². The van der Waals surface area contributed by atoms with Crippen LogP contribution in [-0.4, -0.2) is 12.8 Å². The fourth-order valence-corrected chi connectivity index (χ4v) is 1.60. The Kier molecular flexibility index (Phi) is 4.81. The van der Waals surface area contributed by atoms with E-state index in [1.807, 2.05) is 12.1 Å². The Morgan fingerprint density at radius 3 is 2.38 bits per heavy atom. The average Bonchev–Trinajstić information content (AvgIpc) is 2.55. The van der Waals surface area contributed by atoms with Gasteiger partial charge in [0, 0.05) is 6.07 Å². The van der Waals surface area contributed by atoms with Crippen molar-refractivity contribution in [3.05, 3.63) is 59.7 Å². The van der Waals surface area contributed by atoms with Crippen LogP contribution in [-0.2, 0) is 4.74 Å². The van der Waals surface area contributed by atoms with E-state index in [9.17, 15) is 0 Å². The number of nitriles is 2. The largest absolute Gasteiger partial charge is 0.399 e. The Labute approximate surface area is 122 Å². The summed E-state index contributed by atoms with van der Waals surface area (Å²) in [5.41, 5.74) is 2.17. The molecule has 0 fully saturated rings. The van der Waals surface area contributed by atoms with Gasteiger partial charge in [-0.25, -0.2) is 4.99 Å². The van der Waals surface area contributed by atoms with Gasteiger partial charge in [-0.1, -0.05) is 24.3 Å². The molecule has 0 unspecified atom stereocenters. The highest BCUT2D eigenvalue weighted by Gasteiger charge is 2.02. The second-order valence-electron chi connectivity index (χ2n) is 3.92.